The second-order valence-electron chi connectivity index (χ2n) is 4.10. The van der Waals surface area contributed by atoms with Gasteiger partial charge in [-0.3, -0.25) is 4.68 Å². The van der Waals surface area contributed by atoms with Crippen molar-refractivity contribution in [2.24, 2.45) is 14.1 Å². The van der Waals surface area contributed by atoms with E-state index in [9.17, 15) is 0 Å². The fourth-order valence-corrected chi connectivity index (χ4v) is 1.85. The molecule has 2 heterocycles. The summed E-state index contributed by atoms with van der Waals surface area (Å²) in [4.78, 5) is 4.16. The maximum absolute atomic E-state index is 4.16. The van der Waals surface area contributed by atoms with Crippen molar-refractivity contribution in [3.05, 3.63) is 30.1 Å². The van der Waals surface area contributed by atoms with Crippen LogP contribution in [0.3, 0.4) is 0 Å². The molecule has 2 rings (SSSR count). The second kappa shape index (κ2) is 5.09. The van der Waals surface area contributed by atoms with E-state index < -0.39 is 0 Å². The van der Waals surface area contributed by atoms with Crippen molar-refractivity contribution in [2.75, 3.05) is 6.54 Å². The Balaban J connectivity index is 2.32. The van der Waals surface area contributed by atoms with Crippen LogP contribution in [0.25, 0.3) is 0 Å². The van der Waals surface area contributed by atoms with E-state index in [2.05, 4.69) is 27.5 Å². The third-order valence-corrected chi connectivity index (χ3v) is 2.79. The average Bonchev–Trinajstić information content (AvgIpc) is 2.90. The first kappa shape index (κ1) is 11.8. The molecule has 0 aliphatic rings. The lowest BCUT2D eigenvalue weighted by molar-refractivity contribution is 0.529. The number of hydrogen-bond acceptors (Lipinski definition) is 4. The van der Waals surface area contributed by atoms with Gasteiger partial charge in [0.2, 0.25) is 0 Å². The molecule has 0 spiro atoms. The summed E-state index contributed by atoms with van der Waals surface area (Å²) >= 11 is 0. The van der Waals surface area contributed by atoms with Gasteiger partial charge in [0, 0.05) is 14.1 Å². The normalized spacial score (nSPS) is 12.9. The minimum absolute atomic E-state index is 0.0856. The van der Waals surface area contributed by atoms with E-state index in [-0.39, 0.29) is 6.04 Å². The van der Waals surface area contributed by atoms with Crippen LogP contribution in [-0.2, 0) is 14.1 Å². The summed E-state index contributed by atoms with van der Waals surface area (Å²) in [5.41, 5.74) is 2.16. The van der Waals surface area contributed by atoms with E-state index in [4.69, 9.17) is 0 Å². The number of nitrogens with zero attached hydrogens (tertiary/aromatic N) is 5. The number of aromatic nitrogens is 5. The molecule has 1 atom stereocenters. The maximum Gasteiger partial charge on any atom is 0.0946 e. The van der Waals surface area contributed by atoms with Crippen LogP contribution in [0.4, 0.5) is 0 Å². The van der Waals surface area contributed by atoms with Gasteiger partial charge in [0.1, 0.15) is 0 Å². The van der Waals surface area contributed by atoms with Crippen LogP contribution in [0.15, 0.2) is 18.7 Å². The van der Waals surface area contributed by atoms with Gasteiger partial charge in [-0.25, -0.2) is 4.98 Å². The van der Waals surface area contributed by atoms with Gasteiger partial charge in [0.15, 0.2) is 0 Å². The van der Waals surface area contributed by atoms with Crippen LogP contribution >= 0.6 is 0 Å². The van der Waals surface area contributed by atoms with Crippen LogP contribution in [0.5, 0.6) is 0 Å². The molecule has 0 aliphatic heterocycles. The van der Waals surface area contributed by atoms with E-state index in [1.165, 1.54) is 0 Å². The second-order valence-corrected chi connectivity index (χ2v) is 4.10. The summed E-state index contributed by atoms with van der Waals surface area (Å²) < 4.78 is 3.81. The Morgan fingerprint density at radius 3 is 2.65 bits per heavy atom. The average molecular weight is 234 g/mol. The highest BCUT2D eigenvalue weighted by Crippen LogP contribution is 2.19. The molecule has 0 bridgehead atoms. The van der Waals surface area contributed by atoms with Crippen molar-refractivity contribution in [3.63, 3.8) is 0 Å². The van der Waals surface area contributed by atoms with Gasteiger partial charge in [-0.2, -0.15) is 0 Å². The van der Waals surface area contributed by atoms with Gasteiger partial charge in [0.25, 0.3) is 0 Å². The number of nitrogens with one attached hydrogen (secondary N) is 1. The summed E-state index contributed by atoms with van der Waals surface area (Å²) in [5.74, 6) is 0. The van der Waals surface area contributed by atoms with E-state index in [0.29, 0.717) is 0 Å². The SMILES string of the molecule is CCCNC(c1cncn1C)c1cnnn1C. The van der Waals surface area contributed by atoms with Gasteiger partial charge < -0.3 is 9.88 Å². The largest absolute Gasteiger partial charge is 0.336 e. The Kier molecular flexibility index (Phi) is 3.53. The topological polar surface area (TPSA) is 60.6 Å². The zero-order chi connectivity index (χ0) is 12.3. The highest BCUT2D eigenvalue weighted by molar-refractivity contribution is 5.18. The first-order valence-electron chi connectivity index (χ1n) is 5.78. The molecule has 0 saturated heterocycles. The van der Waals surface area contributed by atoms with E-state index >= 15 is 0 Å². The third-order valence-electron chi connectivity index (χ3n) is 2.79. The van der Waals surface area contributed by atoms with Crippen molar-refractivity contribution in [3.8, 4) is 0 Å². The fourth-order valence-electron chi connectivity index (χ4n) is 1.85. The Bertz CT molecular complexity index is 432. The van der Waals surface area contributed by atoms with Crippen LogP contribution < -0.4 is 5.32 Å². The molecule has 17 heavy (non-hydrogen) atoms. The molecular formula is C11H18N6. The molecule has 6 nitrogen and oxygen atoms in total. The predicted molar refractivity (Wildman–Crippen MR) is 64.3 cm³/mol. The zero-order valence-electron chi connectivity index (χ0n) is 10.5. The Morgan fingerprint density at radius 2 is 2.12 bits per heavy atom. The lowest BCUT2D eigenvalue weighted by Gasteiger charge is -2.18. The number of hydrogen-bond donors (Lipinski definition) is 1. The quantitative estimate of drug-likeness (QED) is 0.824. The van der Waals surface area contributed by atoms with Crippen LogP contribution in [0.1, 0.15) is 30.8 Å². The predicted octanol–water partition coefficient (Wildman–Crippen LogP) is 0.638. The molecule has 0 amide bonds. The van der Waals surface area contributed by atoms with Crippen molar-refractivity contribution in [2.45, 2.75) is 19.4 Å². The lowest BCUT2D eigenvalue weighted by Crippen LogP contribution is -2.26. The van der Waals surface area contributed by atoms with E-state index in [1.807, 2.05) is 24.9 Å². The van der Waals surface area contributed by atoms with Crippen molar-refractivity contribution < 1.29 is 0 Å². The molecule has 2 aromatic heterocycles. The van der Waals surface area contributed by atoms with Gasteiger partial charge in [-0.05, 0) is 13.0 Å². The molecule has 0 aliphatic carbocycles. The minimum Gasteiger partial charge on any atom is -0.336 e. The molecule has 0 fully saturated rings. The summed E-state index contributed by atoms with van der Waals surface area (Å²) in [7, 11) is 3.89. The van der Waals surface area contributed by atoms with Gasteiger partial charge in [0.05, 0.1) is 36.2 Å². The molecule has 0 radical (unpaired) electrons. The standard InChI is InChI=1S/C11H18N6/c1-4-5-13-11(9-6-12-8-16(9)2)10-7-14-15-17(10)3/h6-8,11,13H,4-5H2,1-3H3. The molecule has 92 valence electrons. The Labute approximate surface area is 101 Å². The lowest BCUT2D eigenvalue weighted by atomic mass is 10.1. The van der Waals surface area contributed by atoms with Crippen LogP contribution in [0.2, 0.25) is 0 Å². The third kappa shape index (κ3) is 2.36. The number of rotatable bonds is 5. The first-order valence-corrected chi connectivity index (χ1v) is 5.78. The molecular weight excluding hydrogens is 216 g/mol. The zero-order valence-corrected chi connectivity index (χ0v) is 10.5. The monoisotopic (exact) mass is 234 g/mol. The molecule has 0 saturated carbocycles. The smallest absolute Gasteiger partial charge is 0.0946 e. The number of aryl methyl sites for hydroxylation is 2. The van der Waals surface area contributed by atoms with Gasteiger partial charge in [-0.1, -0.05) is 12.1 Å². The van der Waals surface area contributed by atoms with Crippen LogP contribution in [0, 0.1) is 0 Å². The molecule has 6 heteroatoms. The highest BCUT2D eigenvalue weighted by atomic mass is 15.4. The summed E-state index contributed by atoms with van der Waals surface area (Å²) in [6.45, 7) is 3.09. The molecule has 2 aromatic rings. The highest BCUT2D eigenvalue weighted by Gasteiger charge is 2.19. The van der Waals surface area contributed by atoms with Gasteiger partial charge >= 0.3 is 0 Å². The van der Waals surface area contributed by atoms with E-state index in [1.54, 1.807) is 17.2 Å². The fraction of sp³-hybridized carbons (Fsp3) is 0.545. The number of imidazole rings is 1. The summed E-state index contributed by atoms with van der Waals surface area (Å²) in [5, 5.41) is 11.4. The molecule has 1 unspecified atom stereocenters. The van der Waals surface area contributed by atoms with Gasteiger partial charge in [-0.15, -0.1) is 5.10 Å². The summed E-state index contributed by atoms with van der Waals surface area (Å²) in [6.07, 6.45) is 6.56. The Morgan fingerprint density at radius 1 is 1.29 bits per heavy atom. The van der Waals surface area contributed by atoms with Crippen molar-refractivity contribution in [1.82, 2.24) is 29.9 Å². The molecule has 0 aromatic carbocycles. The maximum atomic E-state index is 4.16. The summed E-state index contributed by atoms with van der Waals surface area (Å²) in [6, 6.07) is 0.0856. The van der Waals surface area contributed by atoms with Crippen LogP contribution in [-0.4, -0.2) is 31.1 Å². The van der Waals surface area contributed by atoms with Crippen molar-refractivity contribution in [1.29, 1.82) is 0 Å². The van der Waals surface area contributed by atoms with Crippen molar-refractivity contribution >= 4 is 0 Å². The Hall–Kier alpha value is -1.69. The van der Waals surface area contributed by atoms with E-state index in [0.717, 1.165) is 24.4 Å². The minimum atomic E-state index is 0.0856. The molecule has 1 N–H and O–H groups in total. The first-order chi connectivity index (χ1) is 8.24.